The second-order valence-electron chi connectivity index (χ2n) is 3.05. The average molecular weight is 134 g/mol. The second kappa shape index (κ2) is 3.46. The minimum Gasteiger partial charge on any atom is -0.0954 e. The molecule has 0 atom stereocenters. The molecule has 0 saturated carbocycles. The highest BCUT2D eigenvalue weighted by Gasteiger charge is 1.99. The highest BCUT2D eigenvalue weighted by molar-refractivity contribution is 5.31. The van der Waals surface area contributed by atoms with Crippen LogP contribution < -0.4 is 0 Å². The van der Waals surface area contributed by atoms with Gasteiger partial charge in [-0.1, -0.05) is 31.8 Å². The molecule has 0 aromatic rings. The minimum absolute atomic E-state index is 0.515. The summed E-state index contributed by atoms with van der Waals surface area (Å²) in [5, 5.41) is 0. The van der Waals surface area contributed by atoms with Crippen molar-refractivity contribution < 1.29 is 0 Å². The van der Waals surface area contributed by atoms with Gasteiger partial charge < -0.3 is 0 Å². The van der Waals surface area contributed by atoms with E-state index in [-0.39, 0.29) is 0 Å². The van der Waals surface area contributed by atoms with Crippen LogP contribution in [0.2, 0.25) is 0 Å². The Morgan fingerprint density at radius 1 is 1.50 bits per heavy atom. The number of hydrogen-bond acceptors (Lipinski definition) is 0. The molecule has 1 rings (SSSR count). The predicted octanol–water partition coefficient (Wildman–Crippen LogP) is 2.76. The third kappa shape index (κ3) is 2.27. The van der Waals surface area contributed by atoms with Gasteiger partial charge in [0.05, 0.1) is 0 Å². The van der Waals surface area contributed by atoms with Crippen molar-refractivity contribution in [2.24, 2.45) is 5.92 Å². The van der Waals surface area contributed by atoms with Crippen LogP contribution in [-0.4, -0.2) is 0 Å². The normalized spacial score (nSPS) is 16.5. The van der Waals surface area contributed by atoms with Gasteiger partial charge in [-0.2, -0.15) is 0 Å². The molecule has 0 bridgehead atoms. The van der Waals surface area contributed by atoms with Gasteiger partial charge in [0.1, 0.15) is 0 Å². The van der Waals surface area contributed by atoms with Crippen LogP contribution in [-0.2, 0) is 0 Å². The molecule has 10 heavy (non-hydrogen) atoms. The average Bonchev–Trinajstić information content (AvgIpc) is 2.34. The van der Waals surface area contributed by atoms with Gasteiger partial charge in [0, 0.05) is 5.92 Å². The Labute approximate surface area is 63.3 Å². The Balaban J connectivity index is 2.46. The van der Waals surface area contributed by atoms with E-state index in [9.17, 15) is 0 Å². The lowest BCUT2D eigenvalue weighted by molar-refractivity contribution is 0.865. The topological polar surface area (TPSA) is 0 Å². The zero-order valence-corrected chi connectivity index (χ0v) is 6.78. The van der Waals surface area contributed by atoms with E-state index in [1.54, 1.807) is 0 Å². The fourth-order valence-corrected chi connectivity index (χ4v) is 1.02. The molecule has 1 aliphatic carbocycles. The van der Waals surface area contributed by atoms with Gasteiger partial charge in [0.15, 0.2) is 0 Å². The molecule has 0 saturated heterocycles. The van der Waals surface area contributed by atoms with Crippen molar-refractivity contribution in [3.63, 3.8) is 0 Å². The molecule has 0 amide bonds. The maximum Gasteiger partial charge on any atom is 0.0149 e. The van der Waals surface area contributed by atoms with E-state index < -0.39 is 0 Å². The molecule has 0 heteroatoms. The van der Waals surface area contributed by atoms with Crippen molar-refractivity contribution >= 4 is 0 Å². The number of allylic oxidation sites excluding steroid dienone is 2. The van der Waals surface area contributed by atoms with Crippen molar-refractivity contribution in [3.05, 3.63) is 11.6 Å². The molecule has 0 spiro atoms. The number of rotatable bonds is 0. The minimum atomic E-state index is 0.515. The maximum absolute atomic E-state index is 3.19. The quantitative estimate of drug-likeness (QED) is 0.447. The molecular formula is C10H14. The summed E-state index contributed by atoms with van der Waals surface area (Å²) in [6, 6.07) is 0. The van der Waals surface area contributed by atoms with Crippen molar-refractivity contribution in [3.8, 4) is 11.8 Å². The number of hydrogen-bond donors (Lipinski definition) is 0. The molecule has 0 aliphatic heterocycles. The SMILES string of the molecule is CC(C)C#CC1=CCCC1. The Hall–Kier alpha value is -0.700. The fraction of sp³-hybridized carbons (Fsp3) is 0.600. The summed E-state index contributed by atoms with van der Waals surface area (Å²) in [4.78, 5) is 0. The second-order valence-corrected chi connectivity index (χ2v) is 3.05. The largest absolute Gasteiger partial charge is 0.0954 e. The van der Waals surface area contributed by atoms with Crippen LogP contribution in [0.5, 0.6) is 0 Å². The van der Waals surface area contributed by atoms with Crippen LogP contribution in [0.4, 0.5) is 0 Å². The lowest BCUT2D eigenvalue weighted by atomic mass is 10.2. The molecule has 0 nitrogen and oxygen atoms in total. The summed E-state index contributed by atoms with van der Waals surface area (Å²) >= 11 is 0. The van der Waals surface area contributed by atoms with Crippen LogP contribution in [0.3, 0.4) is 0 Å². The van der Waals surface area contributed by atoms with Crippen molar-refractivity contribution in [2.75, 3.05) is 0 Å². The van der Waals surface area contributed by atoms with Gasteiger partial charge >= 0.3 is 0 Å². The van der Waals surface area contributed by atoms with Crippen molar-refractivity contribution in [1.29, 1.82) is 0 Å². The summed E-state index contributed by atoms with van der Waals surface area (Å²) in [6.45, 7) is 4.25. The van der Waals surface area contributed by atoms with Crippen molar-refractivity contribution in [1.82, 2.24) is 0 Å². The molecule has 0 fully saturated rings. The summed E-state index contributed by atoms with van der Waals surface area (Å²) in [5.41, 5.74) is 1.36. The monoisotopic (exact) mass is 134 g/mol. The molecule has 0 aromatic carbocycles. The van der Waals surface area contributed by atoms with Crippen LogP contribution in [0, 0.1) is 17.8 Å². The predicted molar refractivity (Wildman–Crippen MR) is 44.5 cm³/mol. The Morgan fingerprint density at radius 2 is 2.30 bits per heavy atom. The third-order valence-corrected chi connectivity index (χ3v) is 1.56. The highest BCUT2D eigenvalue weighted by atomic mass is 14.0. The summed E-state index contributed by atoms with van der Waals surface area (Å²) in [6.07, 6.45) is 6.01. The summed E-state index contributed by atoms with van der Waals surface area (Å²) in [7, 11) is 0. The molecular weight excluding hydrogens is 120 g/mol. The van der Waals surface area contributed by atoms with Crippen LogP contribution in [0.25, 0.3) is 0 Å². The first kappa shape index (κ1) is 7.41. The molecule has 0 N–H and O–H groups in total. The molecule has 54 valence electrons. The summed E-state index contributed by atoms with van der Waals surface area (Å²) in [5.74, 6) is 6.88. The summed E-state index contributed by atoms with van der Waals surface area (Å²) < 4.78 is 0. The Bertz CT molecular complexity index is 186. The van der Waals surface area contributed by atoms with Gasteiger partial charge in [-0.05, 0) is 24.8 Å². The van der Waals surface area contributed by atoms with Gasteiger partial charge in [-0.3, -0.25) is 0 Å². The Kier molecular flexibility index (Phi) is 2.57. The first-order valence-corrected chi connectivity index (χ1v) is 3.99. The third-order valence-electron chi connectivity index (χ3n) is 1.56. The van der Waals surface area contributed by atoms with E-state index >= 15 is 0 Å². The van der Waals surface area contributed by atoms with E-state index in [1.807, 2.05) is 0 Å². The van der Waals surface area contributed by atoms with Gasteiger partial charge in [0.25, 0.3) is 0 Å². The fourth-order valence-electron chi connectivity index (χ4n) is 1.02. The van der Waals surface area contributed by atoms with E-state index in [0.29, 0.717) is 5.92 Å². The van der Waals surface area contributed by atoms with Gasteiger partial charge in [-0.25, -0.2) is 0 Å². The molecule has 0 heterocycles. The molecule has 0 radical (unpaired) electrons. The van der Waals surface area contributed by atoms with Crippen LogP contribution in [0.15, 0.2) is 11.6 Å². The van der Waals surface area contributed by atoms with E-state index in [0.717, 1.165) is 0 Å². The lowest BCUT2D eigenvalue weighted by Crippen LogP contribution is -1.78. The van der Waals surface area contributed by atoms with Crippen molar-refractivity contribution in [2.45, 2.75) is 33.1 Å². The van der Waals surface area contributed by atoms with Gasteiger partial charge in [-0.15, -0.1) is 0 Å². The van der Waals surface area contributed by atoms with E-state index in [2.05, 4.69) is 31.8 Å². The Morgan fingerprint density at radius 3 is 2.80 bits per heavy atom. The van der Waals surface area contributed by atoms with Gasteiger partial charge in [0.2, 0.25) is 0 Å². The zero-order valence-electron chi connectivity index (χ0n) is 6.78. The molecule has 0 aromatic heterocycles. The van der Waals surface area contributed by atoms with Crippen LogP contribution in [0.1, 0.15) is 33.1 Å². The lowest BCUT2D eigenvalue weighted by Gasteiger charge is -1.88. The highest BCUT2D eigenvalue weighted by Crippen LogP contribution is 2.16. The molecule has 1 aliphatic rings. The van der Waals surface area contributed by atoms with E-state index in [4.69, 9.17) is 0 Å². The van der Waals surface area contributed by atoms with E-state index in [1.165, 1.54) is 24.8 Å². The first-order valence-electron chi connectivity index (χ1n) is 3.99. The first-order chi connectivity index (χ1) is 4.79. The van der Waals surface area contributed by atoms with Crippen LogP contribution >= 0.6 is 0 Å². The smallest absolute Gasteiger partial charge is 0.0149 e. The standard InChI is InChI=1S/C10H14/c1-9(2)7-8-10-5-3-4-6-10/h5,9H,3-4,6H2,1-2H3. The molecule has 0 unspecified atom stereocenters. The zero-order chi connectivity index (χ0) is 7.40. The maximum atomic E-state index is 3.19.